The van der Waals surface area contributed by atoms with E-state index in [4.69, 9.17) is 9.29 Å². The minimum Gasteiger partial charge on any atom is -0.378 e. The van der Waals surface area contributed by atoms with Crippen molar-refractivity contribution in [3.05, 3.63) is 0 Å². The van der Waals surface area contributed by atoms with Crippen molar-refractivity contribution in [2.75, 3.05) is 32.8 Å². The first-order chi connectivity index (χ1) is 12.3. The lowest BCUT2D eigenvalue weighted by Crippen LogP contribution is -2.57. The Labute approximate surface area is 149 Å². The summed E-state index contributed by atoms with van der Waals surface area (Å²) < 4.78 is 39.9. The third kappa shape index (κ3) is 3.98. The van der Waals surface area contributed by atoms with Crippen molar-refractivity contribution in [3.8, 4) is 0 Å². The van der Waals surface area contributed by atoms with Gasteiger partial charge in [-0.2, -0.15) is 13.5 Å². The maximum atomic E-state index is 12.3. The zero-order valence-corrected chi connectivity index (χ0v) is 14.5. The molecule has 3 fully saturated rings. The van der Waals surface area contributed by atoms with Gasteiger partial charge in [0.05, 0.1) is 19.3 Å². The Bertz CT molecular complexity index is 694. The molecule has 13 nitrogen and oxygen atoms in total. The van der Waals surface area contributed by atoms with Gasteiger partial charge in [-0.05, 0) is 12.8 Å². The van der Waals surface area contributed by atoms with Gasteiger partial charge in [-0.25, -0.2) is 15.0 Å². The van der Waals surface area contributed by atoms with Gasteiger partial charge in [-0.1, -0.05) is 0 Å². The highest BCUT2D eigenvalue weighted by Gasteiger charge is 2.49. The van der Waals surface area contributed by atoms with Crippen molar-refractivity contribution in [2.24, 2.45) is 0 Å². The molecule has 5 amide bonds. The number of hydrogen-bond acceptors (Lipinski definition) is 7. The second-order valence-corrected chi connectivity index (χ2v) is 7.03. The molecule has 146 valence electrons. The Hall–Kier alpha value is -2.16. The molecule has 0 radical (unpaired) electrons. The molecule has 0 aliphatic carbocycles. The Balaban J connectivity index is 1.56. The molecule has 14 heteroatoms. The number of hydrogen-bond donors (Lipinski definition) is 3. The number of morpholine rings is 1. The van der Waals surface area contributed by atoms with Crippen LogP contribution in [-0.2, 0) is 24.2 Å². The molecule has 3 heterocycles. The maximum absolute atomic E-state index is 12.3. The maximum Gasteiger partial charge on any atom is 0.418 e. The lowest BCUT2D eigenvalue weighted by atomic mass is 10.0. The highest BCUT2D eigenvalue weighted by atomic mass is 32.3. The molecule has 26 heavy (non-hydrogen) atoms. The number of carbonyl (C=O) groups excluding carboxylic acids is 3. The molecule has 2 atom stereocenters. The summed E-state index contributed by atoms with van der Waals surface area (Å²) in [5, 5.41) is 0.551. The molecule has 3 rings (SSSR count). The zero-order chi connectivity index (χ0) is 18.9. The Morgan fingerprint density at radius 3 is 2.54 bits per heavy atom. The first-order valence-electron chi connectivity index (χ1n) is 7.95. The van der Waals surface area contributed by atoms with Gasteiger partial charge < -0.3 is 14.5 Å². The molecule has 0 aromatic carbocycles. The van der Waals surface area contributed by atoms with Gasteiger partial charge in [-0.3, -0.25) is 14.8 Å². The van der Waals surface area contributed by atoms with E-state index in [0.717, 1.165) is 4.90 Å². The average Bonchev–Trinajstić information content (AvgIpc) is 2.84. The number of hydrazine groups is 1. The zero-order valence-electron chi connectivity index (χ0n) is 13.7. The predicted octanol–water partition coefficient (Wildman–Crippen LogP) is -1.94. The van der Waals surface area contributed by atoms with Crippen LogP contribution < -0.4 is 10.9 Å². The van der Waals surface area contributed by atoms with Crippen molar-refractivity contribution in [3.63, 3.8) is 0 Å². The van der Waals surface area contributed by atoms with Gasteiger partial charge in [0.1, 0.15) is 6.04 Å². The summed E-state index contributed by atoms with van der Waals surface area (Å²) in [6.07, 6.45) is 0.550. The summed E-state index contributed by atoms with van der Waals surface area (Å²) in [5.41, 5.74) is 4.56. The number of piperidine rings is 1. The molecular weight excluding hydrogens is 374 g/mol. The van der Waals surface area contributed by atoms with Crippen molar-refractivity contribution in [2.45, 2.75) is 24.9 Å². The number of carbonyl (C=O) groups is 3. The second-order valence-electron chi connectivity index (χ2n) is 6.03. The number of nitrogens with zero attached hydrogens (tertiary/aromatic N) is 3. The number of urea groups is 2. The van der Waals surface area contributed by atoms with E-state index in [9.17, 15) is 22.8 Å². The summed E-state index contributed by atoms with van der Waals surface area (Å²) in [6.45, 7) is 1.71. The molecule has 3 saturated heterocycles. The molecule has 2 bridgehead atoms. The van der Waals surface area contributed by atoms with Crippen molar-refractivity contribution in [1.82, 2.24) is 25.7 Å². The smallest absolute Gasteiger partial charge is 0.378 e. The normalized spacial score (nSPS) is 26.0. The fourth-order valence-corrected chi connectivity index (χ4v) is 3.54. The lowest BCUT2D eigenvalue weighted by Gasteiger charge is -2.30. The molecule has 0 saturated carbocycles. The fraction of sp³-hybridized carbons (Fsp3) is 0.750. The molecule has 0 unspecified atom stereocenters. The van der Waals surface area contributed by atoms with Crippen LogP contribution >= 0.6 is 0 Å². The second kappa shape index (κ2) is 7.22. The number of nitrogens with one attached hydrogen (secondary N) is 2. The van der Waals surface area contributed by atoms with Crippen LogP contribution in [0.25, 0.3) is 0 Å². The van der Waals surface area contributed by atoms with Gasteiger partial charge in [0, 0.05) is 19.6 Å². The van der Waals surface area contributed by atoms with Crippen LogP contribution in [0.5, 0.6) is 0 Å². The first kappa shape index (κ1) is 18.6. The van der Waals surface area contributed by atoms with Gasteiger partial charge in [-0.15, -0.1) is 4.28 Å². The molecule has 0 aromatic rings. The summed E-state index contributed by atoms with van der Waals surface area (Å²) in [6, 6.07) is -2.81. The quantitative estimate of drug-likeness (QED) is 0.369. The van der Waals surface area contributed by atoms with Crippen molar-refractivity contribution >= 4 is 28.4 Å². The van der Waals surface area contributed by atoms with Crippen molar-refractivity contribution < 1.29 is 36.4 Å². The van der Waals surface area contributed by atoms with E-state index in [1.54, 1.807) is 0 Å². The summed E-state index contributed by atoms with van der Waals surface area (Å²) >= 11 is 0. The van der Waals surface area contributed by atoms with E-state index in [0.29, 0.717) is 37.8 Å². The molecular formula is C12H19N5O8S. The van der Waals surface area contributed by atoms with Gasteiger partial charge >= 0.3 is 22.5 Å². The predicted molar refractivity (Wildman–Crippen MR) is 82.5 cm³/mol. The minimum absolute atomic E-state index is 0.0733. The number of amides is 5. The lowest BCUT2D eigenvalue weighted by molar-refractivity contribution is -0.126. The Morgan fingerprint density at radius 1 is 1.19 bits per heavy atom. The van der Waals surface area contributed by atoms with E-state index < -0.39 is 40.5 Å². The minimum atomic E-state index is -4.85. The van der Waals surface area contributed by atoms with Crippen LogP contribution in [0, 0.1) is 0 Å². The Kier molecular flexibility index (Phi) is 5.17. The summed E-state index contributed by atoms with van der Waals surface area (Å²) in [4.78, 5) is 39.1. The average molecular weight is 393 g/mol. The van der Waals surface area contributed by atoms with E-state index in [-0.39, 0.29) is 13.0 Å². The van der Waals surface area contributed by atoms with Crippen molar-refractivity contribution in [1.29, 1.82) is 0 Å². The molecule has 0 spiro atoms. The van der Waals surface area contributed by atoms with E-state index in [1.165, 1.54) is 4.90 Å². The van der Waals surface area contributed by atoms with Crippen LogP contribution in [0.3, 0.4) is 0 Å². The molecule has 0 aromatic heterocycles. The number of ether oxygens (including phenoxy) is 1. The number of fused-ring (bicyclic) bond motifs is 2. The number of rotatable bonds is 3. The third-order valence-electron chi connectivity index (χ3n) is 4.39. The van der Waals surface area contributed by atoms with E-state index in [1.807, 2.05) is 0 Å². The largest absolute Gasteiger partial charge is 0.418 e. The molecule has 3 N–H and O–H groups in total. The van der Waals surface area contributed by atoms with Crippen LogP contribution in [0.15, 0.2) is 0 Å². The first-order valence-corrected chi connectivity index (χ1v) is 9.32. The van der Waals surface area contributed by atoms with Gasteiger partial charge in [0.15, 0.2) is 0 Å². The monoisotopic (exact) mass is 393 g/mol. The standard InChI is InChI=1S/C12H19N5O8S/c18-10(13-14-11(19)15-3-5-24-6-4-15)9-2-1-8-7-16(9)12(20)17(8)25-26(21,22)23/h8-9H,1-7H2,(H,13,18)(H,14,19)(H,21,22,23)/t8-,9+/m1/s1. The highest BCUT2D eigenvalue weighted by Crippen LogP contribution is 2.30. The SMILES string of the molecule is O=C(NNC(=O)N1CCOCC1)[C@@H]1CC[C@@H]2CN1C(=O)N2OS(=O)(=O)O. The van der Waals surface area contributed by atoms with Crippen LogP contribution in [0.2, 0.25) is 0 Å². The van der Waals surface area contributed by atoms with Gasteiger partial charge in [0.25, 0.3) is 5.91 Å². The van der Waals surface area contributed by atoms with E-state index >= 15 is 0 Å². The topological polar surface area (TPSA) is 158 Å². The fourth-order valence-electron chi connectivity index (χ4n) is 3.15. The van der Waals surface area contributed by atoms with Crippen LogP contribution in [-0.4, -0.2) is 90.7 Å². The van der Waals surface area contributed by atoms with Crippen LogP contribution in [0.4, 0.5) is 9.59 Å². The number of hydroxylamine groups is 2. The Morgan fingerprint density at radius 2 is 1.88 bits per heavy atom. The summed E-state index contributed by atoms with van der Waals surface area (Å²) in [5.74, 6) is -0.605. The van der Waals surface area contributed by atoms with E-state index in [2.05, 4.69) is 15.1 Å². The summed E-state index contributed by atoms with van der Waals surface area (Å²) in [7, 11) is -4.85. The molecule has 3 aliphatic heterocycles. The van der Waals surface area contributed by atoms with Crippen LogP contribution in [0.1, 0.15) is 12.8 Å². The van der Waals surface area contributed by atoms with Gasteiger partial charge in [0.2, 0.25) is 0 Å². The molecule has 3 aliphatic rings. The highest BCUT2D eigenvalue weighted by molar-refractivity contribution is 7.80. The third-order valence-corrected chi connectivity index (χ3v) is 4.74.